The number of nitrogens with zero attached hydrogens (tertiary/aromatic N) is 2. The summed E-state index contributed by atoms with van der Waals surface area (Å²) < 4.78 is 1.80. The monoisotopic (exact) mass is 275 g/mol. The van der Waals surface area contributed by atoms with Gasteiger partial charge in [0.2, 0.25) is 5.91 Å². The summed E-state index contributed by atoms with van der Waals surface area (Å²) in [5.74, 6) is 0.498. The number of hydrogen-bond donors (Lipinski definition) is 1. The van der Waals surface area contributed by atoms with Crippen LogP contribution >= 0.6 is 0 Å². The van der Waals surface area contributed by atoms with E-state index in [1.807, 2.05) is 20.9 Å². The molecule has 20 heavy (non-hydrogen) atoms. The summed E-state index contributed by atoms with van der Waals surface area (Å²) in [7, 11) is 1.89. The SMILES string of the molecule is CC(C)=CC1C(C(=O)Nc2c(C)nn(C)c2C)C1(C)C. The van der Waals surface area contributed by atoms with E-state index in [0.717, 1.165) is 17.1 Å². The van der Waals surface area contributed by atoms with Crippen LogP contribution in [0.4, 0.5) is 5.69 Å². The fourth-order valence-electron chi connectivity index (χ4n) is 3.00. The largest absolute Gasteiger partial charge is 0.323 e. The van der Waals surface area contributed by atoms with Crippen molar-refractivity contribution in [2.45, 2.75) is 41.5 Å². The van der Waals surface area contributed by atoms with Gasteiger partial charge in [-0.25, -0.2) is 0 Å². The van der Waals surface area contributed by atoms with Gasteiger partial charge in [-0.3, -0.25) is 9.48 Å². The van der Waals surface area contributed by atoms with Crippen molar-refractivity contribution in [2.24, 2.45) is 24.3 Å². The van der Waals surface area contributed by atoms with Crippen molar-refractivity contribution in [1.29, 1.82) is 0 Å². The van der Waals surface area contributed by atoms with Crippen LogP contribution in [0.25, 0.3) is 0 Å². The molecule has 1 amide bonds. The Bertz CT molecular complexity index is 577. The molecule has 1 saturated carbocycles. The third-order valence-electron chi connectivity index (χ3n) is 4.46. The van der Waals surface area contributed by atoms with Crippen molar-refractivity contribution >= 4 is 11.6 Å². The van der Waals surface area contributed by atoms with E-state index in [1.54, 1.807) is 4.68 Å². The lowest BCUT2D eigenvalue weighted by molar-refractivity contribution is -0.118. The molecule has 1 N–H and O–H groups in total. The number of anilines is 1. The highest BCUT2D eigenvalue weighted by molar-refractivity contribution is 5.96. The molecule has 2 unspecified atom stereocenters. The minimum atomic E-state index is 0.0470. The molecule has 0 saturated heterocycles. The van der Waals surface area contributed by atoms with Gasteiger partial charge in [0.25, 0.3) is 0 Å². The van der Waals surface area contributed by atoms with Crippen molar-refractivity contribution in [2.75, 3.05) is 5.32 Å². The van der Waals surface area contributed by atoms with Gasteiger partial charge >= 0.3 is 0 Å². The normalized spacial score (nSPS) is 23.4. The molecule has 1 heterocycles. The first-order valence-corrected chi connectivity index (χ1v) is 7.12. The van der Waals surface area contributed by atoms with E-state index in [1.165, 1.54) is 5.57 Å². The predicted molar refractivity (Wildman–Crippen MR) is 81.5 cm³/mol. The number of nitrogens with one attached hydrogen (secondary N) is 1. The van der Waals surface area contributed by atoms with Crippen molar-refractivity contribution < 1.29 is 4.79 Å². The predicted octanol–water partition coefficient (Wildman–Crippen LogP) is 3.21. The average Bonchev–Trinajstić information content (AvgIpc) is 2.75. The number of aryl methyl sites for hydroxylation is 2. The summed E-state index contributed by atoms with van der Waals surface area (Å²) in [6.45, 7) is 12.4. The number of aromatic nitrogens is 2. The topological polar surface area (TPSA) is 46.9 Å². The third-order valence-corrected chi connectivity index (χ3v) is 4.46. The molecule has 2 atom stereocenters. The molecule has 0 bridgehead atoms. The van der Waals surface area contributed by atoms with Gasteiger partial charge < -0.3 is 5.32 Å². The second kappa shape index (κ2) is 4.76. The van der Waals surface area contributed by atoms with Gasteiger partial charge in [-0.2, -0.15) is 5.10 Å². The van der Waals surface area contributed by atoms with Crippen LogP contribution in [0.5, 0.6) is 0 Å². The maximum atomic E-state index is 12.5. The molecule has 4 nitrogen and oxygen atoms in total. The first kappa shape index (κ1) is 14.8. The summed E-state index contributed by atoms with van der Waals surface area (Å²) in [6.07, 6.45) is 2.22. The van der Waals surface area contributed by atoms with Gasteiger partial charge in [-0.1, -0.05) is 25.5 Å². The molecule has 0 spiro atoms. The number of hydrogen-bond acceptors (Lipinski definition) is 2. The smallest absolute Gasteiger partial charge is 0.228 e. The number of carbonyl (C=O) groups is 1. The lowest BCUT2D eigenvalue weighted by atomic mass is 10.1. The fourth-order valence-corrected chi connectivity index (χ4v) is 3.00. The highest BCUT2D eigenvalue weighted by atomic mass is 16.2. The Kier molecular flexibility index (Phi) is 3.53. The average molecular weight is 275 g/mol. The minimum Gasteiger partial charge on any atom is -0.323 e. The van der Waals surface area contributed by atoms with E-state index in [-0.39, 0.29) is 17.2 Å². The Morgan fingerprint density at radius 3 is 2.40 bits per heavy atom. The summed E-state index contributed by atoms with van der Waals surface area (Å²) in [5.41, 5.74) is 4.04. The van der Waals surface area contributed by atoms with Gasteiger partial charge in [0.15, 0.2) is 0 Å². The molecule has 0 aromatic carbocycles. The van der Waals surface area contributed by atoms with E-state index in [9.17, 15) is 4.79 Å². The summed E-state index contributed by atoms with van der Waals surface area (Å²) in [4.78, 5) is 12.5. The van der Waals surface area contributed by atoms with E-state index in [0.29, 0.717) is 5.92 Å². The Morgan fingerprint density at radius 2 is 1.95 bits per heavy atom. The summed E-state index contributed by atoms with van der Waals surface area (Å²) in [6, 6.07) is 0. The Morgan fingerprint density at radius 1 is 1.35 bits per heavy atom. The molecule has 1 aliphatic rings. The van der Waals surface area contributed by atoms with Crippen molar-refractivity contribution in [3.63, 3.8) is 0 Å². The number of rotatable bonds is 3. The van der Waals surface area contributed by atoms with Gasteiger partial charge in [-0.05, 0) is 39.0 Å². The molecule has 0 radical (unpaired) electrons. The number of carbonyl (C=O) groups excluding carboxylic acids is 1. The van der Waals surface area contributed by atoms with Crippen molar-refractivity contribution in [1.82, 2.24) is 9.78 Å². The van der Waals surface area contributed by atoms with Crippen LogP contribution in [0.1, 0.15) is 39.1 Å². The lowest BCUT2D eigenvalue weighted by Crippen LogP contribution is -2.17. The number of amides is 1. The third kappa shape index (κ3) is 2.39. The Hall–Kier alpha value is -1.58. The van der Waals surface area contributed by atoms with E-state index in [2.05, 4.69) is 44.2 Å². The van der Waals surface area contributed by atoms with Gasteiger partial charge in [-0.15, -0.1) is 0 Å². The molecular weight excluding hydrogens is 250 g/mol. The van der Waals surface area contributed by atoms with Crippen LogP contribution < -0.4 is 5.32 Å². The molecule has 1 fully saturated rings. The Balaban J connectivity index is 2.16. The van der Waals surface area contributed by atoms with Gasteiger partial charge in [0, 0.05) is 7.05 Å². The quantitative estimate of drug-likeness (QED) is 0.861. The highest BCUT2D eigenvalue weighted by Gasteiger charge is 2.60. The van der Waals surface area contributed by atoms with Crippen LogP contribution in [0, 0.1) is 31.1 Å². The lowest BCUT2D eigenvalue weighted by Gasteiger charge is -2.06. The van der Waals surface area contributed by atoms with Gasteiger partial charge in [0.05, 0.1) is 23.0 Å². The summed E-state index contributed by atoms with van der Waals surface area (Å²) >= 11 is 0. The van der Waals surface area contributed by atoms with Crippen LogP contribution in [-0.2, 0) is 11.8 Å². The molecule has 110 valence electrons. The molecule has 1 aliphatic carbocycles. The molecule has 2 rings (SSSR count). The Labute approximate surface area is 121 Å². The number of allylic oxidation sites excluding steroid dienone is 2. The molecular formula is C16H25N3O. The highest BCUT2D eigenvalue weighted by Crippen LogP contribution is 2.59. The maximum absolute atomic E-state index is 12.5. The van der Waals surface area contributed by atoms with Crippen LogP contribution in [-0.4, -0.2) is 15.7 Å². The zero-order valence-corrected chi connectivity index (χ0v) is 13.5. The standard InChI is InChI=1S/C16H25N3O/c1-9(2)8-12-13(16(12,5)6)15(20)17-14-10(3)18-19(7)11(14)4/h8,12-13H,1-7H3,(H,17,20). The fraction of sp³-hybridized carbons (Fsp3) is 0.625. The summed E-state index contributed by atoms with van der Waals surface area (Å²) in [5, 5.41) is 7.41. The van der Waals surface area contributed by atoms with Crippen molar-refractivity contribution in [3.8, 4) is 0 Å². The second-order valence-electron chi connectivity index (χ2n) is 6.73. The first-order valence-electron chi connectivity index (χ1n) is 7.12. The van der Waals surface area contributed by atoms with Crippen LogP contribution in [0.15, 0.2) is 11.6 Å². The van der Waals surface area contributed by atoms with Gasteiger partial charge in [0.1, 0.15) is 0 Å². The molecule has 1 aromatic rings. The van der Waals surface area contributed by atoms with E-state index in [4.69, 9.17) is 0 Å². The zero-order valence-electron chi connectivity index (χ0n) is 13.5. The zero-order chi connectivity index (χ0) is 15.2. The van der Waals surface area contributed by atoms with Crippen LogP contribution in [0.3, 0.4) is 0 Å². The molecule has 1 aromatic heterocycles. The molecule has 0 aliphatic heterocycles. The molecule has 4 heteroatoms. The second-order valence-corrected chi connectivity index (χ2v) is 6.73. The van der Waals surface area contributed by atoms with E-state index < -0.39 is 0 Å². The van der Waals surface area contributed by atoms with Crippen molar-refractivity contribution in [3.05, 3.63) is 23.0 Å². The minimum absolute atomic E-state index is 0.0470. The van der Waals surface area contributed by atoms with E-state index >= 15 is 0 Å². The maximum Gasteiger partial charge on any atom is 0.228 e. The van der Waals surface area contributed by atoms with Crippen LogP contribution in [0.2, 0.25) is 0 Å². The first-order chi connectivity index (χ1) is 9.16.